The highest BCUT2D eigenvalue weighted by molar-refractivity contribution is 5.26. The predicted octanol–water partition coefficient (Wildman–Crippen LogP) is 4.79. The Morgan fingerprint density at radius 3 is 2.20 bits per heavy atom. The van der Waals surface area contributed by atoms with Gasteiger partial charge in [-0.2, -0.15) is 13.2 Å². The lowest BCUT2D eigenvalue weighted by atomic mass is 9.87. The number of benzene rings is 1. The zero-order valence-electron chi connectivity index (χ0n) is 12.2. The second-order valence-electron chi connectivity index (χ2n) is 5.40. The van der Waals surface area contributed by atoms with Crippen LogP contribution in [0.4, 0.5) is 13.2 Å². The SMILES string of the molecule is CCCC(CCC)C(N)Cc1cccc(C(F)(F)F)c1. The molecule has 0 aliphatic rings. The normalized spacial score (nSPS) is 13.8. The van der Waals surface area contributed by atoms with Crippen LogP contribution in [0, 0.1) is 5.92 Å². The van der Waals surface area contributed by atoms with Crippen molar-refractivity contribution in [3.8, 4) is 0 Å². The van der Waals surface area contributed by atoms with Crippen LogP contribution in [0.2, 0.25) is 0 Å². The second-order valence-corrected chi connectivity index (χ2v) is 5.40. The second kappa shape index (κ2) is 7.67. The largest absolute Gasteiger partial charge is 0.416 e. The first-order valence-electron chi connectivity index (χ1n) is 7.30. The maximum absolute atomic E-state index is 12.7. The lowest BCUT2D eigenvalue weighted by molar-refractivity contribution is -0.137. The van der Waals surface area contributed by atoms with Gasteiger partial charge < -0.3 is 5.73 Å². The van der Waals surface area contributed by atoms with Gasteiger partial charge >= 0.3 is 6.18 Å². The molecule has 0 aliphatic carbocycles. The van der Waals surface area contributed by atoms with Crippen LogP contribution in [0.1, 0.15) is 50.7 Å². The van der Waals surface area contributed by atoms with Crippen LogP contribution in [0.25, 0.3) is 0 Å². The number of hydrogen-bond acceptors (Lipinski definition) is 1. The summed E-state index contributed by atoms with van der Waals surface area (Å²) in [6, 6.07) is 5.43. The number of halogens is 3. The Morgan fingerprint density at radius 2 is 1.70 bits per heavy atom. The molecule has 114 valence electrons. The summed E-state index contributed by atoms with van der Waals surface area (Å²) in [4.78, 5) is 0. The predicted molar refractivity (Wildman–Crippen MR) is 76.4 cm³/mol. The molecule has 1 nitrogen and oxygen atoms in total. The van der Waals surface area contributed by atoms with Gasteiger partial charge in [-0.15, -0.1) is 0 Å². The van der Waals surface area contributed by atoms with Crippen LogP contribution >= 0.6 is 0 Å². The van der Waals surface area contributed by atoms with E-state index in [1.807, 2.05) is 0 Å². The van der Waals surface area contributed by atoms with Crippen molar-refractivity contribution >= 4 is 0 Å². The van der Waals surface area contributed by atoms with E-state index in [2.05, 4.69) is 13.8 Å². The quantitative estimate of drug-likeness (QED) is 0.766. The first-order valence-corrected chi connectivity index (χ1v) is 7.30. The highest BCUT2D eigenvalue weighted by Crippen LogP contribution is 2.30. The van der Waals surface area contributed by atoms with Crippen molar-refractivity contribution in [1.29, 1.82) is 0 Å². The summed E-state index contributed by atoms with van der Waals surface area (Å²) in [5, 5.41) is 0. The molecule has 0 spiro atoms. The molecule has 0 fully saturated rings. The minimum atomic E-state index is -4.29. The fraction of sp³-hybridized carbons (Fsp3) is 0.625. The van der Waals surface area contributed by atoms with Crippen molar-refractivity contribution in [3.05, 3.63) is 35.4 Å². The summed E-state index contributed by atoms with van der Waals surface area (Å²) in [6.07, 6.45) is 0.408. The molecular formula is C16H24F3N. The molecule has 0 bridgehead atoms. The Morgan fingerprint density at radius 1 is 1.10 bits per heavy atom. The number of rotatable bonds is 7. The summed E-state index contributed by atoms with van der Waals surface area (Å²) < 4.78 is 38.0. The molecule has 1 aromatic rings. The van der Waals surface area contributed by atoms with Crippen molar-refractivity contribution in [2.24, 2.45) is 11.7 Å². The maximum atomic E-state index is 12.7. The third kappa shape index (κ3) is 5.16. The standard InChI is InChI=1S/C16H24F3N/c1-3-6-13(7-4-2)15(20)11-12-8-5-9-14(10-12)16(17,18)19/h5,8-10,13,15H,3-4,6-7,11,20H2,1-2H3. The lowest BCUT2D eigenvalue weighted by Crippen LogP contribution is -2.32. The van der Waals surface area contributed by atoms with Gasteiger partial charge in [0.05, 0.1) is 5.56 Å². The molecule has 0 aromatic heterocycles. The van der Waals surface area contributed by atoms with E-state index in [4.69, 9.17) is 5.73 Å². The van der Waals surface area contributed by atoms with E-state index in [0.717, 1.165) is 31.7 Å². The molecule has 0 saturated heterocycles. The first kappa shape index (κ1) is 17.0. The van der Waals surface area contributed by atoms with E-state index < -0.39 is 11.7 Å². The van der Waals surface area contributed by atoms with Crippen LogP contribution in [0.5, 0.6) is 0 Å². The van der Waals surface area contributed by atoms with E-state index >= 15 is 0 Å². The van der Waals surface area contributed by atoms with Crippen molar-refractivity contribution < 1.29 is 13.2 Å². The smallest absolute Gasteiger partial charge is 0.327 e. The van der Waals surface area contributed by atoms with Gasteiger partial charge in [-0.1, -0.05) is 44.9 Å². The summed E-state index contributed by atoms with van der Waals surface area (Å²) in [6.45, 7) is 4.22. The first-order chi connectivity index (χ1) is 9.38. The van der Waals surface area contributed by atoms with Gasteiger partial charge in [0.1, 0.15) is 0 Å². The molecule has 0 amide bonds. The number of nitrogens with two attached hydrogens (primary N) is 1. The van der Waals surface area contributed by atoms with E-state index in [1.54, 1.807) is 6.07 Å². The zero-order chi connectivity index (χ0) is 15.2. The molecule has 4 heteroatoms. The van der Waals surface area contributed by atoms with Crippen LogP contribution in [-0.4, -0.2) is 6.04 Å². The molecular weight excluding hydrogens is 263 g/mol. The van der Waals surface area contributed by atoms with E-state index in [-0.39, 0.29) is 6.04 Å². The van der Waals surface area contributed by atoms with Gasteiger partial charge in [-0.3, -0.25) is 0 Å². The summed E-state index contributed by atoms with van der Waals surface area (Å²) in [5.74, 6) is 0.388. The van der Waals surface area contributed by atoms with E-state index in [1.165, 1.54) is 12.1 Å². The van der Waals surface area contributed by atoms with Gasteiger partial charge in [0.15, 0.2) is 0 Å². The fourth-order valence-corrected chi connectivity index (χ4v) is 2.63. The third-order valence-electron chi connectivity index (χ3n) is 3.65. The average molecular weight is 287 g/mol. The van der Waals surface area contributed by atoms with Crippen molar-refractivity contribution in [3.63, 3.8) is 0 Å². The molecule has 0 saturated carbocycles. The Labute approximate surface area is 119 Å². The summed E-state index contributed by atoms with van der Waals surface area (Å²) in [5.41, 5.74) is 6.28. The Hall–Kier alpha value is -1.03. The lowest BCUT2D eigenvalue weighted by Gasteiger charge is -2.23. The Kier molecular flexibility index (Phi) is 6.53. The van der Waals surface area contributed by atoms with Gasteiger partial charge in [0, 0.05) is 6.04 Å². The van der Waals surface area contributed by atoms with Crippen LogP contribution in [0.3, 0.4) is 0 Å². The van der Waals surface area contributed by atoms with Gasteiger partial charge in [0.2, 0.25) is 0 Å². The topological polar surface area (TPSA) is 26.0 Å². The third-order valence-corrected chi connectivity index (χ3v) is 3.65. The van der Waals surface area contributed by atoms with Gasteiger partial charge in [0.25, 0.3) is 0 Å². The van der Waals surface area contributed by atoms with E-state index in [9.17, 15) is 13.2 Å². The van der Waals surface area contributed by atoms with Gasteiger partial charge in [-0.05, 0) is 36.8 Å². The van der Waals surface area contributed by atoms with Crippen molar-refractivity contribution in [2.45, 2.75) is 58.2 Å². The highest BCUT2D eigenvalue weighted by Gasteiger charge is 2.30. The van der Waals surface area contributed by atoms with Gasteiger partial charge in [-0.25, -0.2) is 0 Å². The Bertz CT molecular complexity index is 395. The molecule has 0 radical (unpaired) electrons. The van der Waals surface area contributed by atoms with Crippen molar-refractivity contribution in [2.75, 3.05) is 0 Å². The molecule has 1 rings (SSSR count). The molecule has 2 N–H and O–H groups in total. The minimum Gasteiger partial charge on any atom is -0.327 e. The van der Waals surface area contributed by atoms with Crippen LogP contribution < -0.4 is 5.73 Å². The number of hydrogen-bond donors (Lipinski definition) is 1. The molecule has 0 aliphatic heterocycles. The molecule has 1 unspecified atom stereocenters. The van der Waals surface area contributed by atoms with Crippen LogP contribution in [-0.2, 0) is 12.6 Å². The average Bonchev–Trinajstić information content (AvgIpc) is 2.38. The zero-order valence-corrected chi connectivity index (χ0v) is 12.2. The summed E-state index contributed by atoms with van der Waals surface area (Å²) in [7, 11) is 0. The van der Waals surface area contributed by atoms with E-state index in [0.29, 0.717) is 17.9 Å². The maximum Gasteiger partial charge on any atom is 0.416 e. The monoisotopic (exact) mass is 287 g/mol. The summed E-state index contributed by atoms with van der Waals surface area (Å²) >= 11 is 0. The van der Waals surface area contributed by atoms with Crippen LogP contribution in [0.15, 0.2) is 24.3 Å². The molecule has 1 aromatic carbocycles. The molecule has 0 heterocycles. The molecule has 20 heavy (non-hydrogen) atoms. The molecule has 1 atom stereocenters. The number of alkyl halides is 3. The van der Waals surface area contributed by atoms with Crippen molar-refractivity contribution in [1.82, 2.24) is 0 Å². The fourth-order valence-electron chi connectivity index (χ4n) is 2.63. The highest BCUT2D eigenvalue weighted by atomic mass is 19.4. The minimum absolute atomic E-state index is 0.0709. The Balaban J connectivity index is 2.76.